The molecule has 1 aliphatic heterocycles. The number of anilines is 1. The molecule has 1 aromatic rings. The molecule has 1 atom stereocenters. The Morgan fingerprint density at radius 2 is 2.62 bits per heavy atom. The van der Waals surface area contributed by atoms with Crippen LogP contribution in [0.3, 0.4) is 0 Å². The van der Waals surface area contributed by atoms with Gasteiger partial charge >= 0.3 is 5.97 Å². The number of aromatic nitrogens is 1. The zero-order valence-corrected chi connectivity index (χ0v) is 9.63. The van der Waals surface area contributed by atoms with Crippen molar-refractivity contribution in [3.05, 3.63) is 11.1 Å². The number of hydrogen-bond acceptors (Lipinski definition) is 5. The van der Waals surface area contributed by atoms with Gasteiger partial charge in [-0.15, -0.1) is 11.3 Å². The normalized spacial score (nSPS) is 19.9. The van der Waals surface area contributed by atoms with Gasteiger partial charge in [-0.3, -0.25) is 0 Å². The van der Waals surface area contributed by atoms with Crippen LogP contribution in [0, 0.1) is 0 Å². The molecule has 2 N–H and O–H groups in total. The smallest absolute Gasteiger partial charge is 0.355 e. The van der Waals surface area contributed by atoms with Gasteiger partial charge in [0.05, 0.1) is 6.10 Å². The molecule has 0 radical (unpaired) electrons. The first-order valence-corrected chi connectivity index (χ1v) is 6.18. The molecule has 2 rings (SSSR count). The highest BCUT2D eigenvalue weighted by atomic mass is 32.1. The Morgan fingerprint density at radius 3 is 3.25 bits per heavy atom. The third-order valence-corrected chi connectivity index (χ3v) is 3.29. The molecule has 16 heavy (non-hydrogen) atoms. The van der Waals surface area contributed by atoms with Gasteiger partial charge in [-0.2, -0.15) is 0 Å². The molecule has 1 saturated heterocycles. The lowest BCUT2D eigenvalue weighted by molar-refractivity contribution is 0.0691. The first kappa shape index (κ1) is 11.3. The number of aromatic carboxylic acids is 1. The van der Waals surface area contributed by atoms with Gasteiger partial charge in [-0.1, -0.05) is 0 Å². The summed E-state index contributed by atoms with van der Waals surface area (Å²) in [4.78, 5) is 14.5. The zero-order chi connectivity index (χ0) is 11.4. The first-order valence-electron chi connectivity index (χ1n) is 5.30. The monoisotopic (exact) mass is 242 g/mol. The van der Waals surface area contributed by atoms with E-state index in [9.17, 15) is 4.79 Å². The second kappa shape index (κ2) is 5.27. The van der Waals surface area contributed by atoms with E-state index in [1.54, 1.807) is 0 Å². The summed E-state index contributed by atoms with van der Waals surface area (Å²) < 4.78 is 5.48. The predicted molar refractivity (Wildman–Crippen MR) is 61.2 cm³/mol. The average molecular weight is 242 g/mol. The molecule has 0 spiro atoms. The fraction of sp³-hybridized carbons (Fsp3) is 0.600. The molecule has 0 bridgehead atoms. The van der Waals surface area contributed by atoms with Crippen LogP contribution in [0.1, 0.15) is 29.8 Å². The summed E-state index contributed by atoms with van der Waals surface area (Å²) in [7, 11) is 0. The molecule has 1 unspecified atom stereocenters. The molecular formula is C10H14N2O3S. The molecule has 6 heteroatoms. The van der Waals surface area contributed by atoms with Gasteiger partial charge in [0.1, 0.15) is 0 Å². The molecular weight excluding hydrogens is 228 g/mol. The third kappa shape index (κ3) is 2.93. The Morgan fingerprint density at radius 1 is 1.75 bits per heavy atom. The van der Waals surface area contributed by atoms with Crippen LogP contribution in [-0.2, 0) is 4.74 Å². The number of carbonyl (C=O) groups is 1. The molecule has 1 aromatic heterocycles. The highest BCUT2D eigenvalue weighted by Gasteiger charge is 2.15. The van der Waals surface area contributed by atoms with Gasteiger partial charge in [0.2, 0.25) is 0 Å². The maximum Gasteiger partial charge on any atom is 0.355 e. The Labute approximate surface area is 97.5 Å². The number of ether oxygens (including phenoxy) is 1. The number of carboxylic acid groups (broad SMARTS) is 1. The molecule has 88 valence electrons. The van der Waals surface area contributed by atoms with Crippen molar-refractivity contribution in [1.82, 2.24) is 4.98 Å². The first-order chi connectivity index (χ1) is 7.75. The topological polar surface area (TPSA) is 71.5 Å². The number of nitrogens with one attached hydrogen (secondary N) is 1. The molecule has 0 aliphatic carbocycles. The minimum Gasteiger partial charge on any atom is -0.476 e. The number of nitrogens with zero attached hydrogens (tertiary/aromatic N) is 1. The van der Waals surface area contributed by atoms with E-state index < -0.39 is 5.97 Å². The van der Waals surface area contributed by atoms with Gasteiger partial charge in [0, 0.05) is 18.5 Å². The van der Waals surface area contributed by atoms with Gasteiger partial charge in [-0.05, 0) is 19.3 Å². The Balaban J connectivity index is 1.74. The summed E-state index contributed by atoms with van der Waals surface area (Å²) in [6, 6.07) is 0. The van der Waals surface area contributed by atoms with Gasteiger partial charge < -0.3 is 15.2 Å². The molecule has 0 aromatic carbocycles. The predicted octanol–water partition coefficient (Wildman–Crippen LogP) is 1.82. The molecule has 1 fully saturated rings. The van der Waals surface area contributed by atoms with Crippen molar-refractivity contribution >= 4 is 22.4 Å². The van der Waals surface area contributed by atoms with E-state index >= 15 is 0 Å². The van der Waals surface area contributed by atoms with E-state index in [2.05, 4.69) is 10.3 Å². The van der Waals surface area contributed by atoms with Crippen LogP contribution in [0.2, 0.25) is 0 Å². The minimum atomic E-state index is -0.983. The SMILES string of the molecule is O=C(O)c1csc(NCCC2CCCO2)n1. The quantitative estimate of drug-likeness (QED) is 0.824. The van der Waals surface area contributed by atoms with E-state index in [4.69, 9.17) is 9.84 Å². The fourth-order valence-corrected chi connectivity index (χ4v) is 2.38. The van der Waals surface area contributed by atoms with Crippen LogP contribution in [-0.4, -0.2) is 35.3 Å². The van der Waals surface area contributed by atoms with E-state index in [0.29, 0.717) is 11.2 Å². The Bertz CT molecular complexity index is 361. The lowest BCUT2D eigenvalue weighted by atomic mass is 10.2. The van der Waals surface area contributed by atoms with Crippen LogP contribution >= 0.6 is 11.3 Å². The maximum absolute atomic E-state index is 10.6. The van der Waals surface area contributed by atoms with Gasteiger partial charge in [0.25, 0.3) is 0 Å². The van der Waals surface area contributed by atoms with Crippen molar-refractivity contribution in [1.29, 1.82) is 0 Å². The van der Waals surface area contributed by atoms with Crippen LogP contribution in [0.15, 0.2) is 5.38 Å². The van der Waals surface area contributed by atoms with Crippen molar-refractivity contribution in [2.75, 3.05) is 18.5 Å². The highest BCUT2D eigenvalue weighted by molar-refractivity contribution is 7.13. The number of rotatable bonds is 5. The average Bonchev–Trinajstić information content (AvgIpc) is 2.87. The lowest BCUT2D eigenvalue weighted by Crippen LogP contribution is -2.12. The summed E-state index contributed by atoms with van der Waals surface area (Å²) in [5.41, 5.74) is 0.101. The van der Waals surface area contributed by atoms with E-state index in [-0.39, 0.29) is 5.69 Å². The fourth-order valence-electron chi connectivity index (χ4n) is 1.67. The summed E-state index contributed by atoms with van der Waals surface area (Å²) >= 11 is 1.32. The van der Waals surface area contributed by atoms with E-state index in [1.165, 1.54) is 16.7 Å². The van der Waals surface area contributed by atoms with E-state index in [1.807, 2.05) is 0 Å². The lowest BCUT2D eigenvalue weighted by Gasteiger charge is -2.08. The van der Waals surface area contributed by atoms with Crippen LogP contribution in [0.5, 0.6) is 0 Å². The second-order valence-corrected chi connectivity index (χ2v) is 4.55. The van der Waals surface area contributed by atoms with Crippen LogP contribution < -0.4 is 5.32 Å². The van der Waals surface area contributed by atoms with Crippen molar-refractivity contribution in [2.24, 2.45) is 0 Å². The summed E-state index contributed by atoms with van der Waals surface area (Å²) in [6.07, 6.45) is 3.57. The molecule has 5 nitrogen and oxygen atoms in total. The van der Waals surface area contributed by atoms with Gasteiger partial charge in [0.15, 0.2) is 10.8 Å². The zero-order valence-electron chi connectivity index (χ0n) is 8.81. The summed E-state index contributed by atoms with van der Waals surface area (Å²) in [6.45, 7) is 1.64. The summed E-state index contributed by atoms with van der Waals surface area (Å²) in [5, 5.41) is 14.0. The molecule has 2 heterocycles. The highest BCUT2D eigenvalue weighted by Crippen LogP contribution is 2.18. The van der Waals surface area contributed by atoms with Crippen molar-refractivity contribution in [3.63, 3.8) is 0 Å². The van der Waals surface area contributed by atoms with Crippen molar-refractivity contribution in [3.8, 4) is 0 Å². The molecule has 0 amide bonds. The second-order valence-electron chi connectivity index (χ2n) is 3.69. The number of thiazole rings is 1. The molecule has 1 aliphatic rings. The van der Waals surface area contributed by atoms with Crippen LogP contribution in [0.25, 0.3) is 0 Å². The van der Waals surface area contributed by atoms with E-state index in [0.717, 1.165) is 32.4 Å². The number of carboxylic acids is 1. The Hall–Kier alpha value is -1.14. The van der Waals surface area contributed by atoms with Crippen LogP contribution in [0.4, 0.5) is 5.13 Å². The third-order valence-electron chi connectivity index (χ3n) is 2.49. The molecule has 0 saturated carbocycles. The van der Waals surface area contributed by atoms with Crippen molar-refractivity contribution in [2.45, 2.75) is 25.4 Å². The Kier molecular flexibility index (Phi) is 3.74. The minimum absolute atomic E-state index is 0.101. The standard InChI is InChI=1S/C10H14N2O3S/c13-9(14)8-6-16-10(12-8)11-4-3-7-2-1-5-15-7/h6-7H,1-5H2,(H,11,12)(H,13,14). The largest absolute Gasteiger partial charge is 0.476 e. The maximum atomic E-state index is 10.6. The van der Waals surface area contributed by atoms with Crippen molar-refractivity contribution < 1.29 is 14.6 Å². The summed E-state index contributed by atoms with van der Waals surface area (Å²) in [5.74, 6) is -0.983. The van der Waals surface area contributed by atoms with Gasteiger partial charge in [-0.25, -0.2) is 9.78 Å². The number of hydrogen-bond donors (Lipinski definition) is 2.